The molecule has 4 heterocycles. The molecule has 2 amide bonds. The zero-order chi connectivity index (χ0) is 32.0. The van der Waals surface area contributed by atoms with Crippen molar-refractivity contribution >= 4 is 39.9 Å². The number of hydrogen-bond acceptors (Lipinski definition) is 7. The highest BCUT2D eigenvalue weighted by molar-refractivity contribution is 6.00. The number of nitrogens with two attached hydrogens (primary N) is 1. The van der Waals surface area contributed by atoms with E-state index in [1.165, 1.54) is 10.5 Å². The molecule has 1 aliphatic carbocycles. The van der Waals surface area contributed by atoms with Crippen molar-refractivity contribution in [3.63, 3.8) is 0 Å². The maximum atomic E-state index is 13.8. The number of hydrogen-bond donors (Lipinski definition) is 1. The third-order valence-corrected chi connectivity index (χ3v) is 10.4. The number of nitrogens with zero attached hydrogens (tertiary/aromatic N) is 5. The number of likely N-dealkylation sites (tertiary alicyclic amines) is 1. The highest BCUT2D eigenvalue weighted by Crippen LogP contribution is 2.47. The van der Waals surface area contributed by atoms with Crippen LogP contribution < -0.4 is 21.1 Å². The highest BCUT2D eigenvalue weighted by atomic mass is 16.5. The Morgan fingerprint density at radius 2 is 1.76 bits per heavy atom. The number of carbonyl (C=O) groups excluding carboxylic acids is 2. The average Bonchev–Trinajstić information content (AvgIpc) is 3.34. The Kier molecular flexibility index (Phi) is 7.66. The molecule has 2 N–H and O–H groups in total. The molecule has 7 rings (SSSR count). The van der Waals surface area contributed by atoms with Crippen molar-refractivity contribution in [2.45, 2.75) is 57.5 Å². The number of nitrogen functional groups attached to an aromatic ring is 1. The molecule has 10 heteroatoms. The van der Waals surface area contributed by atoms with Crippen molar-refractivity contribution in [2.75, 3.05) is 30.8 Å². The number of fused-ring (bicyclic) bond motifs is 1. The predicted molar refractivity (Wildman–Crippen MR) is 178 cm³/mol. The summed E-state index contributed by atoms with van der Waals surface area (Å²) in [5.74, 6) is 0.685. The van der Waals surface area contributed by atoms with Gasteiger partial charge in [-0.25, -0.2) is 9.78 Å². The fraction of sp³-hybridized carbons (Fsp3) is 0.389. The number of aryl methyl sites for hydroxylation is 1. The number of imide groups is 1. The molecule has 0 bridgehead atoms. The van der Waals surface area contributed by atoms with Gasteiger partial charge in [0.1, 0.15) is 17.6 Å². The molecule has 3 aliphatic rings. The fourth-order valence-electron chi connectivity index (χ4n) is 7.59. The topological polar surface area (TPSA) is 116 Å². The number of methoxy groups -OCH3 is 1. The molecule has 46 heavy (non-hydrogen) atoms. The third-order valence-electron chi connectivity index (χ3n) is 10.4. The zero-order valence-corrected chi connectivity index (χ0v) is 26.4. The summed E-state index contributed by atoms with van der Waals surface area (Å²) < 4.78 is 8.52. The second-order valence-electron chi connectivity index (χ2n) is 13.0. The van der Waals surface area contributed by atoms with Crippen LogP contribution in [0.25, 0.3) is 16.6 Å². The van der Waals surface area contributed by atoms with Gasteiger partial charge >= 0.3 is 5.69 Å². The number of carbonyl (C=O) groups is 2. The van der Waals surface area contributed by atoms with Gasteiger partial charge in [0.25, 0.3) is 5.91 Å². The van der Waals surface area contributed by atoms with Gasteiger partial charge in [-0.2, -0.15) is 0 Å². The van der Waals surface area contributed by atoms with Gasteiger partial charge in [-0.1, -0.05) is 24.3 Å². The SMILES string of the molecule is COc1ccc(CN2C(=O)CC[C@@H](n3c(=O)n(C)c4c(N5CCC6(CC=C(c7ccc(N)nc7)CC6)CC5)cccc43)C2=O)cc1. The predicted octanol–water partition coefficient (Wildman–Crippen LogP) is 5.07. The van der Waals surface area contributed by atoms with E-state index in [0.29, 0.717) is 18.0 Å². The molecule has 1 spiro atoms. The first-order valence-corrected chi connectivity index (χ1v) is 16.1. The largest absolute Gasteiger partial charge is 0.497 e. The first-order valence-electron chi connectivity index (χ1n) is 16.1. The summed E-state index contributed by atoms with van der Waals surface area (Å²) in [7, 11) is 3.38. The van der Waals surface area contributed by atoms with Gasteiger partial charge in [-0.15, -0.1) is 0 Å². The molecule has 1 atom stereocenters. The van der Waals surface area contributed by atoms with Crippen LogP contribution in [0.15, 0.2) is 71.7 Å². The number of anilines is 2. The number of imidazole rings is 1. The molecular formula is C36H40N6O4. The summed E-state index contributed by atoms with van der Waals surface area (Å²) in [5.41, 5.74) is 11.7. The van der Waals surface area contributed by atoms with Crippen LogP contribution in [-0.4, -0.2) is 51.0 Å². The Bertz CT molecular complexity index is 1880. The van der Waals surface area contributed by atoms with E-state index in [9.17, 15) is 14.4 Å². The monoisotopic (exact) mass is 620 g/mol. The van der Waals surface area contributed by atoms with Crippen LogP contribution in [0, 0.1) is 5.41 Å². The van der Waals surface area contributed by atoms with Crippen molar-refractivity contribution < 1.29 is 14.3 Å². The quantitative estimate of drug-likeness (QED) is 0.299. The highest BCUT2D eigenvalue weighted by Gasteiger charge is 2.39. The Hall–Kier alpha value is -4.86. The number of allylic oxidation sites excluding steroid dienone is 2. The molecule has 2 saturated heterocycles. The summed E-state index contributed by atoms with van der Waals surface area (Å²) in [5, 5.41) is 0. The normalized spacial score (nSPS) is 20.0. The Labute approximate surface area is 268 Å². The van der Waals surface area contributed by atoms with E-state index in [0.717, 1.165) is 73.0 Å². The second-order valence-corrected chi connectivity index (χ2v) is 13.0. The number of pyridine rings is 1. The lowest BCUT2D eigenvalue weighted by Gasteiger charge is -2.44. The van der Waals surface area contributed by atoms with E-state index >= 15 is 0 Å². The van der Waals surface area contributed by atoms with E-state index in [-0.39, 0.29) is 35.9 Å². The van der Waals surface area contributed by atoms with Gasteiger partial charge in [-0.3, -0.25) is 23.6 Å². The number of aromatic nitrogens is 3. The van der Waals surface area contributed by atoms with Crippen LogP contribution in [0.4, 0.5) is 11.5 Å². The third kappa shape index (κ3) is 5.25. The van der Waals surface area contributed by atoms with Crippen molar-refractivity contribution in [3.05, 3.63) is 88.5 Å². The number of amides is 2. The number of rotatable bonds is 6. The molecule has 2 aromatic carbocycles. The zero-order valence-electron chi connectivity index (χ0n) is 26.4. The Morgan fingerprint density at radius 1 is 0.978 bits per heavy atom. The number of ether oxygens (including phenoxy) is 1. The first-order chi connectivity index (χ1) is 22.3. The Balaban J connectivity index is 1.11. The molecule has 4 aromatic rings. The molecule has 10 nitrogen and oxygen atoms in total. The van der Waals surface area contributed by atoms with Crippen LogP contribution in [-0.2, 0) is 23.2 Å². The van der Waals surface area contributed by atoms with Crippen LogP contribution in [0.2, 0.25) is 0 Å². The fourth-order valence-corrected chi connectivity index (χ4v) is 7.59. The van der Waals surface area contributed by atoms with Gasteiger partial charge in [-0.05, 0) is 97.0 Å². The van der Waals surface area contributed by atoms with Gasteiger partial charge in [0, 0.05) is 32.8 Å². The maximum Gasteiger partial charge on any atom is 0.329 e. The van der Waals surface area contributed by atoms with Crippen molar-refractivity contribution in [2.24, 2.45) is 12.5 Å². The minimum absolute atomic E-state index is 0.159. The van der Waals surface area contributed by atoms with Gasteiger partial charge in [0.15, 0.2) is 0 Å². The van der Waals surface area contributed by atoms with Gasteiger partial charge in [0.05, 0.1) is 30.4 Å². The van der Waals surface area contributed by atoms with Crippen LogP contribution in [0.5, 0.6) is 5.75 Å². The second kappa shape index (κ2) is 11.8. The van der Waals surface area contributed by atoms with Crippen LogP contribution in [0.3, 0.4) is 0 Å². The van der Waals surface area contributed by atoms with E-state index in [2.05, 4.69) is 28.1 Å². The van der Waals surface area contributed by atoms with Crippen molar-refractivity contribution in [1.82, 2.24) is 19.0 Å². The molecule has 2 fully saturated rings. The minimum atomic E-state index is -0.744. The first kappa shape index (κ1) is 29.8. The van der Waals surface area contributed by atoms with Crippen LogP contribution >= 0.6 is 0 Å². The minimum Gasteiger partial charge on any atom is -0.497 e. The summed E-state index contributed by atoms with van der Waals surface area (Å²) in [4.78, 5) is 48.5. The number of benzene rings is 2. The molecule has 2 aromatic heterocycles. The van der Waals surface area contributed by atoms with E-state index in [4.69, 9.17) is 10.5 Å². The molecule has 2 aliphatic heterocycles. The molecule has 0 saturated carbocycles. The molecular weight excluding hydrogens is 580 g/mol. The Morgan fingerprint density at radius 3 is 2.43 bits per heavy atom. The van der Waals surface area contributed by atoms with Crippen LogP contribution in [0.1, 0.15) is 62.1 Å². The van der Waals surface area contributed by atoms with E-state index in [1.54, 1.807) is 23.3 Å². The molecule has 238 valence electrons. The van der Waals surface area contributed by atoms with E-state index < -0.39 is 6.04 Å². The summed E-state index contributed by atoms with van der Waals surface area (Å²) in [6.07, 6.45) is 10.1. The van der Waals surface area contributed by atoms with Gasteiger partial charge in [0.2, 0.25) is 5.91 Å². The number of piperidine rings is 2. The average molecular weight is 621 g/mol. The van der Waals surface area contributed by atoms with Crippen molar-refractivity contribution in [3.8, 4) is 5.75 Å². The molecule has 0 radical (unpaired) electrons. The summed E-state index contributed by atoms with van der Waals surface area (Å²) >= 11 is 0. The van der Waals surface area contributed by atoms with Crippen molar-refractivity contribution in [1.29, 1.82) is 0 Å². The summed E-state index contributed by atoms with van der Waals surface area (Å²) in [6.45, 7) is 1.96. The van der Waals surface area contributed by atoms with Gasteiger partial charge < -0.3 is 15.4 Å². The molecule has 0 unspecified atom stereocenters. The lowest BCUT2D eigenvalue weighted by Crippen LogP contribution is -2.47. The standard InChI is InChI=1S/C36H40N6O4/c1-39-33-28(40-20-18-36(19-21-40)16-14-25(15-17-36)26-8-12-31(37)38-22-26)4-3-5-29(33)42(35(39)45)30-11-13-32(43)41(34(30)44)23-24-6-9-27(46-2)10-7-24/h3-10,12,14,22,30H,11,13,15-21,23H2,1-2H3,(H2,37,38)/t30-/m1/s1. The lowest BCUT2D eigenvalue weighted by atomic mass is 9.68. The summed E-state index contributed by atoms with van der Waals surface area (Å²) in [6, 6.07) is 16.5. The van der Waals surface area contributed by atoms with E-state index in [1.807, 2.05) is 48.7 Å². The maximum absolute atomic E-state index is 13.8. The number of para-hydroxylation sites is 1. The smallest absolute Gasteiger partial charge is 0.329 e. The lowest BCUT2D eigenvalue weighted by molar-refractivity contribution is -0.151.